The number of hydrogen-bond acceptors (Lipinski definition) is 4. The number of aliphatic hydroxyl groups is 1. The first kappa shape index (κ1) is 13.5. The van der Waals surface area contributed by atoms with Gasteiger partial charge in [-0.1, -0.05) is 12.1 Å². The first-order valence-electron chi connectivity index (χ1n) is 5.66. The molecule has 0 bridgehead atoms. The maximum Gasteiger partial charge on any atom is 0.101 e. The van der Waals surface area contributed by atoms with Crippen molar-refractivity contribution in [3.8, 4) is 6.07 Å². The molecule has 1 unspecified atom stereocenters. The average Bonchev–Trinajstić information content (AvgIpc) is 2.34. The number of nitrogens with one attached hydrogen (secondary N) is 1. The lowest BCUT2D eigenvalue weighted by atomic mass is 10.2. The highest BCUT2D eigenvalue weighted by Crippen LogP contribution is 2.13. The van der Waals surface area contributed by atoms with Crippen molar-refractivity contribution in [3.05, 3.63) is 29.8 Å². The zero-order valence-corrected chi connectivity index (χ0v) is 10.2. The Hall–Kier alpha value is -1.57. The van der Waals surface area contributed by atoms with Crippen LogP contribution in [0.2, 0.25) is 0 Å². The zero-order chi connectivity index (χ0) is 12.7. The van der Waals surface area contributed by atoms with Crippen LogP contribution in [0.1, 0.15) is 19.4 Å². The zero-order valence-electron chi connectivity index (χ0n) is 10.2. The summed E-state index contributed by atoms with van der Waals surface area (Å²) in [6, 6.07) is 9.30. The molecule has 2 N–H and O–H groups in total. The molecule has 0 saturated carbocycles. The number of rotatable bonds is 6. The third-order valence-corrected chi connectivity index (χ3v) is 2.20. The van der Waals surface area contributed by atoms with E-state index in [-0.39, 0.29) is 6.10 Å². The molecule has 0 radical (unpaired) electrons. The van der Waals surface area contributed by atoms with Crippen LogP contribution in [-0.2, 0) is 4.74 Å². The number of benzene rings is 1. The van der Waals surface area contributed by atoms with Gasteiger partial charge in [-0.2, -0.15) is 5.26 Å². The molecule has 0 aliphatic heterocycles. The second kappa shape index (κ2) is 6.89. The van der Waals surface area contributed by atoms with E-state index in [4.69, 9.17) is 10.00 Å². The Morgan fingerprint density at radius 2 is 2.12 bits per heavy atom. The van der Waals surface area contributed by atoms with E-state index in [0.717, 1.165) is 5.69 Å². The maximum absolute atomic E-state index is 9.65. The van der Waals surface area contributed by atoms with Gasteiger partial charge < -0.3 is 15.2 Å². The number of para-hydroxylation sites is 1. The van der Waals surface area contributed by atoms with Gasteiger partial charge in [0.25, 0.3) is 0 Å². The molecule has 0 amide bonds. The van der Waals surface area contributed by atoms with Crippen LogP contribution in [0.3, 0.4) is 0 Å². The molecule has 0 aromatic heterocycles. The molecule has 17 heavy (non-hydrogen) atoms. The largest absolute Gasteiger partial charge is 0.389 e. The normalized spacial score (nSPS) is 12.2. The molecule has 92 valence electrons. The summed E-state index contributed by atoms with van der Waals surface area (Å²) in [5.41, 5.74) is 1.31. The van der Waals surface area contributed by atoms with Gasteiger partial charge in [-0.15, -0.1) is 0 Å². The molecule has 0 aliphatic rings. The van der Waals surface area contributed by atoms with Crippen LogP contribution < -0.4 is 5.32 Å². The maximum atomic E-state index is 9.65. The molecule has 0 saturated heterocycles. The summed E-state index contributed by atoms with van der Waals surface area (Å²) in [5.74, 6) is 0. The van der Waals surface area contributed by atoms with Crippen LogP contribution in [-0.4, -0.2) is 30.5 Å². The Bertz CT molecular complexity index is 385. The Kier molecular flexibility index (Phi) is 5.47. The van der Waals surface area contributed by atoms with E-state index in [1.165, 1.54) is 0 Å². The van der Waals surface area contributed by atoms with E-state index in [1.807, 2.05) is 32.0 Å². The van der Waals surface area contributed by atoms with Gasteiger partial charge in [0.15, 0.2) is 0 Å². The van der Waals surface area contributed by atoms with E-state index in [1.54, 1.807) is 6.07 Å². The van der Waals surface area contributed by atoms with Crippen molar-refractivity contribution < 1.29 is 9.84 Å². The van der Waals surface area contributed by atoms with Crippen molar-refractivity contribution >= 4 is 5.69 Å². The van der Waals surface area contributed by atoms with Crippen molar-refractivity contribution in [2.75, 3.05) is 18.5 Å². The smallest absolute Gasteiger partial charge is 0.101 e. The van der Waals surface area contributed by atoms with Gasteiger partial charge in [0, 0.05) is 6.54 Å². The van der Waals surface area contributed by atoms with Crippen LogP contribution >= 0.6 is 0 Å². The Labute approximate surface area is 102 Å². The molecular formula is C13H18N2O2. The predicted octanol–water partition coefficient (Wildman–Crippen LogP) is 1.76. The van der Waals surface area contributed by atoms with Crippen molar-refractivity contribution in [1.82, 2.24) is 0 Å². The van der Waals surface area contributed by atoms with Crippen LogP contribution in [0.15, 0.2) is 24.3 Å². The molecule has 0 aliphatic carbocycles. The first-order valence-corrected chi connectivity index (χ1v) is 5.66. The van der Waals surface area contributed by atoms with Crippen molar-refractivity contribution in [2.24, 2.45) is 0 Å². The molecule has 1 aromatic rings. The van der Waals surface area contributed by atoms with Gasteiger partial charge in [-0.3, -0.25) is 0 Å². The molecule has 0 fully saturated rings. The van der Waals surface area contributed by atoms with Crippen LogP contribution in [0.4, 0.5) is 5.69 Å². The quantitative estimate of drug-likeness (QED) is 0.787. The average molecular weight is 234 g/mol. The summed E-state index contributed by atoms with van der Waals surface area (Å²) in [4.78, 5) is 0. The number of nitrogens with zero attached hydrogens (tertiary/aromatic N) is 1. The lowest BCUT2D eigenvalue weighted by Crippen LogP contribution is -2.26. The topological polar surface area (TPSA) is 65.3 Å². The minimum absolute atomic E-state index is 0.107. The van der Waals surface area contributed by atoms with Crippen LogP contribution in [0, 0.1) is 11.3 Å². The Morgan fingerprint density at radius 3 is 2.76 bits per heavy atom. The number of ether oxygens (including phenoxy) is 1. The van der Waals surface area contributed by atoms with E-state index < -0.39 is 6.10 Å². The van der Waals surface area contributed by atoms with Crippen molar-refractivity contribution in [3.63, 3.8) is 0 Å². The SMILES string of the molecule is CC(C)OCC(O)CNc1ccccc1C#N. The summed E-state index contributed by atoms with van der Waals surface area (Å²) >= 11 is 0. The fourth-order valence-corrected chi connectivity index (χ4v) is 1.32. The van der Waals surface area contributed by atoms with Crippen LogP contribution in [0.25, 0.3) is 0 Å². The van der Waals surface area contributed by atoms with Gasteiger partial charge in [0.2, 0.25) is 0 Å². The molecule has 1 atom stereocenters. The third-order valence-electron chi connectivity index (χ3n) is 2.20. The van der Waals surface area contributed by atoms with Gasteiger partial charge in [0.1, 0.15) is 6.07 Å². The molecule has 4 heteroatoms. The van der Waals surface area contributed by atoms with Gasteiger partial charge >= 0.3 is 0 Å². The lowest BCUT2D eigenvalue weighted by Gasteiger charge is -2.15. The summed E-state index contributed by atoms with van der Waals surface area (Å²) in [6.07, 6.45) is -0.472. The number of nitriles is 1. The Balaban J connectivity index is 2.42. The summed E-state index contributed by atoms with van der Waals surface area (Å²) < 4.78 is 5.29. The van der Waals surface area contributed by atoms with Gasteiger partial charge in [-0.25, -0.2) is 0 Å². The number of aliphatic hydroxyl groups excluding tert-OH is 1. The summed E-state index contributed by atoms with van der Waals surface area (Å²) in [5, 5.41) is 21.6. The summed E-state index contributed by atoms with van der Waals surface area (Å²) in [7, 11) is 0. The number of hydrogen-bond donors (Lipinski definition) is 2. The lowest BCUT2D eigenvalue weighted by molar-refractivity contribution is 0.0112. The van der Waals surface area contributed by atoms with E-state index in [2.05, 4.69) is 11.4 Å². The highest BCUT2D eigenvalue weighted by Gasteiger charge is 2.07. The molecular weight excluding hydrogens is 216 g/mol. The van der Waals surface area contributed by atoms with Crippen molar-refractivity contribution in [1.29, 1.82) is 5.26 Å². The Morgan fingerprint density at radius 1 is 1.41 bits per heavy atom. The second-order valence-electron chi connectivity index (χ2n) is 4.07. The van der Waals surface area contributed by atoms with Gasteiger partial charge in [-0.05, 0) is 26.0 Å². The first-order chi connectivity index (χ1) is 8.13. The summed E-state index contributed by atoms with van der Waals surface area (Å²) in [6.45, 7) is 4.50. The number of anilines is 1. The monoisotopic (exact) mass is 234 g/mol. The molecule has 1 rings (SSSR count). The fourth-order valence-electron chi connectivity index (χ4n) is 1.32. The van der Waals surface area contributed by atoms with E-state index in [9.17, 15) is 5.11 Å². The molecule has 0 heterocycles. The molecule has 1 aromatic carbocycles. The molecule has 4 nitrogen and oxygen atoms in total. The fraction of sp³-hybridized carbons (Fsp3) is 0.462. The minimum Gasteiger partial charge on any atom is -0.389 e. The van der Waals surface area contributed by atoms with E-state index in [0.29, 0.717) is 18.7 Å². The molecule has 0 spiro atoms. The third kappa shape index (κ3) is 4.85. The highest BCUT2D eigenvalue weighted by molar-refractivity contribution is 5.57. The second-order valence-corrected chi connectivity index (χ2v) is 4.07. The standard InChI is InChI=1S/C13H18N2O2/c1-10(2)17-9-12(16)8-15-13-6-4-3-5-11(13)7-14/h3-6,10,12,15-16H,8-9H2,1-2H3. The predicted molar refractivity (Wildman–Crippen MR) is 66.7 cm³/mol. The van der Waals surface area contributed by atoms with Crippen molar-refractivity contribution in [2.45, 2.75) is 26.1 Å². The van der Waals surface area contributed by atoms with E-state index >= 15 is 0 Å². The minimum atomic E-state index is -0.579. The van der Waals surface area contributed by atoms with Crippen LogP contribution in [0.5, 0.6) is 0 Å². The highest BCUT2D eigenvalue weighted by atomic mass is 16.5. The van der Waals surface area contributed by atoms with Gasteiger partial charge in [0.05, 0.1) is 30.1 Å².